The molecule has 2 rings (SSSR count). The molecular formula is C22H39ClO4. The fraction of sp³-hybridized carbons (Fsp3) is 0.955. The van der Waals surface area contributed by atoms with Crippen LogP contribution in [0.4, 0.5) is 0 Å². The van der Waals surface area contributed by atoms with Gasteiger partial charge in [0.2, 0.25) is 0 Å². The van der Waals surface area contributed by atoms with Gasteiger partial charge in [0, 0.05) is 11.8 Å². The van der Waals surface area contributed by atoms with Gasteiger partial charge in [0.05, 0.1) is 12.2 Å². The Bertz CT molecular complexity index is 446. The van der Waals surface area contributed by atoms with E-state index in [-0.39, 0.29) is 35.3 Å². The number of rotatable bonds is 13. The number of unbranched alkanes of at least 4 members (excludes halogenated alkanes) is 3. The Morgan fingerprint density at radius 3 is 2.37 bits per heavy atom. The zero-order chi connectivity index (χ0) is 19.9. The summed E-state index contributed by atoms with van der Waals surface area (Å²) < 4.78 is 0. The highest BCUT2D eigenvalue weighted by Gasteiger charge is 2.43. The van der Waals surface area contributed by atoms with Crippen LogP contribution in [0, 0.1) is 17.3 Å². The summed E-state index contributed by atoms with van der Waals surface area (Å²) in [6.07, 6.45) is 12.6. The summed E-state index contributed by atoms with van der Waals surface area (Å²) in [5.74, 6) is -0.122. The summed E-state index contributed by atoms with van der Waals surface area (Å²) in [6, 6.07) is 0. The zero-order valence-electron chi connectivity index (χ0n) is 16.9. The van der Waals surface area contributed by atoms with Gasteiger partial charge in [0.1, 0.15) is 0 Å². The molecule has 158 valence electrons. The highest BCUT2D eigenvalue weighted by atomic mass is 35.5. The third-order valence-electron chi connectivity index (χ3n) is 7.43. The lowest BCUT2D eigenvalue weighted by molar-refractivity contribution is -0.137. The maximum atomic E-state index is 10.6. The van der Waals surface area contributed by atoms with Crippen molar-refractivity contribution in [2.75, 3.05) is 0 Å². The van der Waals surface area contributed by atoms with E-state index in [9.17, 15) is 15.0 Å². The molecule has 2 fully saturated rings. The molecule has 0 aliphatic heterocycles. The summed E-state index contributed by atoms with van der Waals surface area (Å²) in [5, 5.41) is 29.8. The zero-order valence-corrected chi connectivity index (χ0v) is 17.7. The molecule has 0 aromatic carbocycles. The van der Waals surface area contributed by atoms with E-state index in [1.165, 1.54) is 6.42 Å². The molecule has 0 aromatic heterocycles. The summed E-state index contributed by atoms with van der Waals surface area (Å²) in [5.41, 5.74) is 0.165. The van der Waals surface area contributed by atoms with Gasteiger partial charge < -0.3 is 15.3 Å². The van der Waals surface area contributed by atoms with Crippen LogP contribution in [0.25, 0.3) is 0 Å². The molecule has 0 spiro atoms. The maximum Gasteiger partial charge on any atom is 0.303 e. The summed E-state index contributed by atoms with van der Waals surface area (Å²) in [7, 11) is 0. The van der Waals surface area contributed by atoms with Crippen LogP contribution in [-0.2, 0) is 4.79 Å². The van der Waals surface area contributed by atoms with Gasteiger partial charge in [-0.15, -0.1) is 11.6 Å². The molecule has 2 aliphatic carbocycles. The quantitative estimate of drug-likeness (QED) is 0.295. The van der Waals surface area contributed by atoms with Gasteiger partial charge in [-0.2, -0.15) is 0 Å². The largest absolute Gasteiger partial charge is 0.481 e. The van der Waals surface area contributed by atoms with Crippen molar-refractivity contribution in [2.45, 2.75) is 114 Å². The highest BCUT2D eigenvalue weighted by molar-refractivity contribution is 6.21. The van der Waals surface area contributed by atoms with Crippen LogP contribution in [0.5, 0.6) is 0 Å². The molecule has 2 aliphatic rings. The number of halogens is 1. The number of carboxylic acids is 1. The second-order valence-electron chi connectivity index (χ2n) is 9.01. The van der Waals surface area contributed by atoms with Crippen LogP contribution in [0.2, 0.25) is 0 Å². The minimum atomic E-state index is -0.719. The number of aliphatic carboxylic acids is 1. The molecule has 0 bridgehead atoms. The molecule has 0 saturated heterocycles. The van der Waals surface area contributed by atoms with Crippen molar-refractivity contribution in [2.24, 2.45) is 17.3 Å². The first-order chi connectivity index (χ1) is 12.9. The van der Waals surface area contributed by atoms with Gasteiger partial charge in [-0.05, 0) is 68.6 Å². The van der Waals surface area contributed by atoms with E-state index in [1.54, 1.807) is 0 Å². The summed E-state index contributed by atoms with van der Waals surface area (Å²) >= 11 is 6.53. The Labute approximate surface area is 169 Å². The second kappa shape index (κ2) is 11.0. The monoisotopic (exact) mass is 402 g/mol. The lowest BCUT2D eigenvalue weighted by Gasteiger charge is -2.45. The molecule has 3 N–H and O–H groups in total. The van der Waals surface area contributed by atoms with Crippen molar-refractivity contribution in [1.29, 1.82) is 0 Å². The number of carboxylic acid groups (broad SMARTS) is 1. The van der Waals surface area contributed by atoms with E-state index in [1.807, 2.05) is 0 Å². The third-order valence-corrected chi connectivity index (χ3v) is 7.93. The van der Waals surface area contributed by atoms with Crippen LogP contribution in [0.15, 0.2) is 0 Å². The van der Waals surface area contributed by atoms with E-state index < -0.39 is 5.97 Å². The first kappa shape index (κ1) is 23.0. The highest BCUT2D eigenvalue weighted by Crippen LogP contribution is 2.48. The normalized spacial score (nSPS) is 30.8. The Morgan fingerprint density at radius 2 is 1.78 bits per heavy atom. The molecule has 5 atom stereocenters. The number of aliphatic hydroxyl groups is 2. The van der Waals surface area contributed by atoms with Gasteiger partial charge in [-0.3, -0.25) is 4.79 Å². The van der Waals surface area contributed by atoms with Gasteiger partial charge in [-0.25, -0.2) is 0 Å². The van der Waals surface area contributed by atoms with Gasteiger partial charge >= 0.3 is 5.97 Å². The predicted octanol–water partition coefficient (Wildman–Crippen LogP) is 5.13. The molecule has 0 amide bonds. The Hall–Kier alpha value is -0.320. The van der Waals surface area contributed by atoms with Gasteiger partial charge in [0.15, 0.2) is 0 Å². The predicted molar refractivity (Wildman–Crippen MR) is 109 cm³/mol. The van der Waals surface area contributed by atoms with Crippen LogP contribution >= 0.6 is 11.6 Å². The van der Waals surface area contributed by atoms with Crippen LogP contribution < -0.4 is 0 Å². The standard InChI is InChI=1S/C22H39ClO4/c1-2-22(13-8-14-22)20(25)11-7-10-17-16(18(23)15-19(17)24)9-5-3-4-6-12-21(26)27/h16-20,24-25H,2-15H2,1H3,(H,26,27). The van der Waals surface area contributed by atoms with Crippen molar-refractivity contribution in [3.63, 3.8) is 0 Å². The Morgan fingerprint density at radius 1 is 1.11 bits per heavy atom. The molecule has 0 aromatic rings. The van der Waals surface area contributed by atoms with Crippen molar-refractivity contribution in [3.8, 4) is 0 Å². The fourth-order valence-corrected chi connectivity index (χ4v) is 5.85. The van der Waals surface area contributed by atoms with Crippen LogP contribution in [0.3, 0.4) is 0 Å². The van der Waals surface area contributed by atoms with E-state index in [4.69, 9.17) is 16.7 Å². The number of alkyl halides is 1. The Kier molecular flexibility index (Phi) is 9.37. The van der Waals surface area contributed by atoms with Crippen molar-refractivity contribution in [1.82, 2.24) is 0 Å². The molecule has 4 nitrogen and oxygen atoms in total. The molecule has 0 radical (unpaired) electrons. The first-order valence-electron chi connectivity index (χ1n) is 11.1. The van der Waals surface area contributed by atoms with Crippen LogP contribution in [0.1, 0.15) is 96.8 Å². The van der Waals surface area contributed by atoms with Crippen molar-refractivity contribution in [3.05, 3.63) is 0 Å². The average Bonchev–Trinajstić information content (AvgIpc) is 2.84. The lowest BCUT2D eigenvalue weighted by Crippen LogP contribution is -2.40. The average molecular weight is 403 g/mol. The molecule has 27 heavy (non-hydrogen) atoms. The Balaban J connectivity index is 1.70. The fourth-order valence-electron chi connectivity index (χ4n) is 5.35. The van der Waals surface area contributed by atoms with Gasteiger partial charge in [0.25, 0.3) is 0 Å². The molecule has 0 heterocycles. The minimum Gasteiger partial charge on any atom is -0.481 e. The smallest absolute Gasteiger partial charge is 0.303 e. The number of aliphatic hydroxyl groups excluding tert-OH is 2. The topological polar surface area (TPSA) is 77.8 Å². The lowest BCUT2D eigenvalue weighted by atomic mass is 9.62. The molecule has 2 saturated carbocycles. The number of carbonyl (C=O) groups is 1. The van der Waals surface area contributed by atoms with E-state index in [2.05, 4.69) is 6.92 Å². The molecular weight excluding hydrogens is 364 g/mol. The maximum absolute atomic E-state index is 10.6. The van der Waals surface area contributed by atoms with Gasteiger partial charge in [-0.1, -0.05) is 39.0 Å². The summed E-state index contributed by atoms with van der Waals surface area (Å²) in [6.45, 7) is 2.19. The first-order valence-corrected chi connectivity index (χ1v) is 11.6. The summed E-state index contributed by atoms with van der Waals surface area (Å²) in [4.78, 5) is 10.6. The third kappa shape index (κ3) is 6.33. The van der Waals surface area contributed by atoms with E-state index in [0.717, 1.165) is 70.6 Å². The van der Waals surface area contributed by atoms with Crippen molar-refractivity contribution >= 4 is 17.6 Å². The second-order valence-corrected chi connectivity index (χ2v) is 9.57. The molecule has 5 unspecified atom stereocenters. The number of hydrogen-bond donors (Lipinski definition) is 3. The minimum absolute atomic E-state index is 0.0440. The molecule has 5 heteroatoms. The van der Waals surface area contributed by atoms with Crippen molar-refractivity contribution < 1.29 is 20.1 Å². The van der Waals surface area contributed by atoms with E-state index >= 15 is 0 Å². The van der Waals surface area contributed by atoms with Crippen LogP contribution in [-0.4, -0.2) is 38.9 Å². The SMILES string of the molecule is CCC1(C(O)CCCC2C(O)CC(Cl)C2CCCCCCC(=O)O)CCC1. The number of hydrogen-bond acceptors (Lipinski definition) is 3. The van der Waals surface area contributed by atoms with E-state index in [0.29, 0.717) is 12.3 Å².